The Hall–Kier alpha value is -1.62. The van der Waals surface area contributed by atoms with E-state index in [0.29, 0.717) is 11.0 Å². The number of halogens is 1. The van der Waals surface area contributed by atoms with E-state index in [1.54, 1.807) is 12.1 Å². The maximum atomic E-state index is 13.7. The van der Waals surface area contributed by atoms with E-state index >= 15 is 0 Å². The molecule has 4 nitrogen and oxygen atoms in total. The minimum absolute atomic E-state index is 0.0883. The molecule has 2 aliphatic rings. The number of nitrogens with zero attached hydrogens (tertiary/aromatic N) is 1. The lowest BCUT2D eigenvalue weighted by atomic mass is 9.78. The lowest BCUT2D eigenvalue weighted by Crippen LogP contribution is -2.44. The molecular formula is C17H23FN2O2. The first-order chi connectivity index (χ1) is 10.6. The third-order valence-electron chi connectivity index (χ3n) is 5.08. The van der Waals surface area contributed by atoms with Crippen LogP contribution in [0.15, 0.2) is 18.2 Å². The van der Waals surface area contributed by atoms with Crippen molar-refractivity contribution in [2.75, 3.05) is 33.3 Å². The summed E-state index contributed by atoms with van der Waals surface area (Å²) in [5.41, 5.74) is 1.11. The molecule has 2 fully saturated rings. The van der Waals surface area contributed by atoms with E-state index < -0.39 is 5.82 Å². The highest BCUT2D eigenvalue weighted by Crippen LogP contribution is 2.37. The Balaban J connectivity index is 1.57. The molecule has 1 amide bonds. The molecule has 0 saturated carbocycles. The van der Waals surface area contributed by atoms with Gasteiger partial charge < -0.3 is 15.0 Å². The van der Waals surface area contributed by atoms with Gasteiger partial charge in [0.1, 0.15) is 0 Å². The third kappa shape index (κ3) is 3.09. The molecule has 0 aliphatic carbocycles. The van der Waals surface area contributed by atoms with Crippen molar-refractivity contribution in [2.45, 2.75) is 25.7 Å². The van der Waals surface area contributed by atoms with E-state index in [2.05, 4.69) is 5.32 Å². The largest absolute Gasteiger partial charge is 0.494 e. The number of hydrogen-bond acceptors (Lipinski definition) is 3. The molecule has 1 spiro atoms. The van der Waals surface area contributed by atoms with Gasteiger partial charge in [-0.1, -0.05) is 6.07 Å². The topological polar surface area (TPSA) is 41.6 Å². The molecule has 1 aromatic rings. The molecule has 0 aromatic heterocycles. The molecular weight excluding hydrogens is 283 g/mol. The molecule has 0 atom stereocenters. The van der Waals surface area contributed by atoms with Crippen molar-refractivity contribution in [1.29, 1.82) is 0 Å². The van der Waals surface area contributed by atoms with E-state index in [1.165, 1.54) is 19.6 Å². The Labute approximate surface area is 130 Å². The second-order valence-electron chi connectivity index (χ2n) is 6.45. The number of ether oxygens (including phenoxy) is 1. The van der Waals surface area contributed by atoms with Crippen LogP contribution in [-0.4, -0.2) is 44.1 Å². The van der Waals surface area contributed by atoms with Gasteiger partial charge in [-0.3, -0.25) is 4.79 Å². The number of rotatable bonds is 3. The summed E-state index contributed by atoms with van der Waals surface area (Å²) in [6.07, 6.45) is 3.62. The lowest BCUT2D eigenvalue weighted by molar-refractivity contribution is -0.132. The van der Waals surface area contributed by atoms with Crippen molar-refractivity contribution < 1.29 is 13.9 Å². The maximum Gasteiger partial charge on any atom is 0.226 e. The highest BCUT2D eigenvalue weighted by molar-refractivity contribution is 5.79. The number of nitrogens with one attached hydrogen (secondary N) is 1. The van der Waals surface area contributed by atoms with E-state index in [0.717, 1.165) is 39.0 Å². The number of likely N-dealkylation sites (tertiary alicyclic amines) is 1. The van der Waals surface area contributed by atoms with Crippen LogP contribution in [0.25, 0.3) is 0 Å². The van der Waals surface area contributed by atoms with Crippen molar-refractivity contribution in [1.82, 2.24) is 10.2 Å². The highest BCUT2D eigenvalue weighted by Gasteiger charge is 2.37. The Bertz CT molecular complexity index is 546. The quantitative estimate of drug-likeness (QED) is 0.928. The Morgan fingerprint density at radius 2 is 2.14 bits per heavy atom. The summed E-state index contributed by atoms with van der Waals surface area (Å²) in [6.45, 7) is 3.82. The predicted molar refractivity (Wildman–Crippen MR) is 82.4 cm³/mol. The van der Waals surface area contributed by atoms with Gasteiger partial charge in [-0.05, 0) is 48.9 Å². The average Bonchev–Trinajstić information content (AvgIpc) is 2.96. The fourth-order valence-corrected chi connectivity index (χ4v) is 3.56. The summed E-state index contributed by atoms with van der Waals surface area (Å²) in [5, 5.41) is 3.43. The lowest BCUT2D eigenvalue weighted by Gasteiger charge is -2.39. The SMILES string of the molecule is COc1ccc(CC(=O)N2CCC3(CCNC3)CC2)cc1F. The van der Waals surface area contributed by atoms with Crippen molar-refractivity contribution in [2.24, 2.45) is 5.41 Å². The first-order valence-electron chi connectivity index (χ1n) is 7.93. The second kappa shape index (κ2) is 6.24. The Morgan fingerprint density at radius 3 is 2.73 bits per heavy atom. The Morgan fingerprint density at radius 1 is 1.36 bits per heavy atom. The standard InChI is InChI=1S/C17H23FN2O2/c1-22-15-3-2-13(10-14(15)18)11-16(21)20-8-5-17(6-9-20)4-7-19-12-17/h2-3,10,19H,4-9,11-12H2,1H3. The number of carbonyl (C=O) groups excluding carboxylic acids is 1. The maximum absolute atomic E-state index is 13.7. The summed E-state index contributed by atoms with van der Waals surface area (Å²) in [6, 6.07) is 4.72. The van der Waals surface area contributed by atoms with Gasteiger partial charge in [0.2, 0.25) is 5.91 Å². The highest BCUT2D eigenvalue weighted by atomic mass is 19.1. The van der Waals surface area contributed by atoms with Crippen molar-refractivity contribution in [3.63, 3.8) is 0 Å². The van der Waals surface area contributed by atoms with Crippen LogP contribution in [0.2, 0.25) is 0 Å². The summed E-state index contributed by atoms with van der Waals surface area (Å²) < 4.78 is 18.6. The zero-order chi connectivity index (χ0) is 15.6. The van der Waals surface area contributed by atoms with Gasteiger partial charge in [0.15, 0.2) is 11.6 Å². The summed E-state index contributed by atoms with van der Waals surface area (Å²) in [7, 11) is 1.44. The number of amides is 1. The van der Waals surface area contributed by atoms with Crippen LogP contribution in [0.1, 0.15) is 24.8 Å². The van der Waals surface area contributed by atoms with Crippen LogP contribution in [0, 0.1) is 11.2 Å². The van der Waals surface area contributed by atoms with Gasteiger partial charge in [0.05, 0.1) is 13.5 Å². The van der Waals surface area contributed by atoms with E-state index in [4.69, 9.17) is 4.74 Å². The van der Waals surface area contributed by atoms with Crippen molar-refractivity contribution in [3.05, 3.63) is 29.6 Å². The van der Waals surface area contributed by atoms with Crippen molar-refractivity contribution >= 4 is 5.91 Å². The van der Waals surface area contributed by atoms with E-state index in [1.807, 2.05) is 4.90 Å². The minimum atomic E-state index is -0.414. The van der Waals surface area contributed by atoms with Gasteiger partial charge in [-0.2, -0.15) is 0 Å². The molecule has 5 heteroatoms. The molecule has 3 rings (SSSR count). The average molecular weight is 306 g/mol. The Kier molecular flexibility index (Phi) is 4.34. The molecule has 1 N–H and O–H groups in total. The molecule has 2 aliphatic heterocycles. The van der Waals surface area contributed by atoms with E-state index in [9.17, 15) is 9.18 Å². The van der Waals surface area contributed by atoms with Crippen LogP contribution < -0.4 is 10.1 Å². The van der Waals surface area contributed by atoms with Crippen LogP contribution in [0.4, 0.5) is 4.39 Å². The van der Waals surface area contributed by atoms with Gasteiger partial charge >= 0.3 is 0 Å². The fraction of sp³-hybridized carbons (Fsp3) is 0.588. The number of benzene rings is 1. The number of carbonyl (C=O) groups is 1. The smallest absolute Gasteiger partial charge is 0.226 e. The predicted octanol–water partition coefficient (Wildman–Crippen LogP) is 1.98. The molecule has 2 saturated heterocycles. The normalized spacial score (nSPS) is 20.4. The molecule has 22 heavy (non-hydrogen) atoms. The number of hydrogen-bond donors (Lipinski definition) is 1. The second-order valence-corrected chi connectivity index (χ2v) is 6.45. The number of piperidine rings is 1. The van der Waals surface area contributed by atoms with Gasteiger partial charge in [-0.25, -0.2) is 4.39 Å². The zero-order valence-electron chi connectivity index (χ0n) is 13.0. The van der Waals surface area contributed by atoms with Crippen molar-refractivity contribution in [3.8, 4) is 5.75 Å². The van der Waals surface area contributed by atoms with Crippen LogP contribution >= 0.6 is 0 Å². The van der Waals surface area contributed by atoms with Gasteiger partial charge in [-0.15, -0.1) is 0 Å². The summed E-state index contributed by atoms with van der Waals surface area (Å²) >= 11 is 0. The first kappa shape index (κ1) is 15.3. The molecule has 0 unspecified atom stereocenters. The molecule has 2 heterocycles. The monoisotopic (exact) mass is 306 g/mol. The van der Waals surface area contributed by atoms with E-state index in [-0.39, 0.29) is 18.1 Å². The fourth-order valence-electron chi connectivity index (χ4n) is 3.56. The zero-order valence-corrected chi connectivity index (χ0v) is 13.0. The third-order valence-corrected chi connectivity index (χ3v) is 5.08. The number of methoxy groups -OCH3 is 1. The summed E-state index contributed by atoms with van der Waals surface area (Å²) in [5.74, 6) is -0.113. The summed E-state index contributed by atoms with van der Waals surface area (Å²) in [4.78, 5) is 14.3. The van der Waals surface area contributed by atoms with Crippen LogP contribution in [-0.2, 0) is 11.2 Å². The molecule has 0 bridgehead atoms. The molecule has 120 valence electrons. The van der Waals surface area contributed by atoms with Gasteiger partial charge in [0, 0.05) is 19.6 Å². The molecule has 1 aromatic carbocycles. The van der Waals surface area contributed by atoms with Crippen LogP contribution in [0.3, 0.4) is 0 Å². The molecule has 0 radical (unpaired) electrons. The van der Waals surface area contributed by atoms with Gasteiger partial charge in [0.25, 0.3) is 0 Å². The minimum Gasteiger partial charge on any atom is -0.494 e. The van der Waals surface area contributed by atoms with Crippen LogP contribution in [0.5, 0.6) is 5.75 Å². The first-order valence-corrected chi connectivity index (χ1v) is 7.93.